The highest BCUT2D eigenvalue weighted by Crippen LogP contribution is 2.31. The summed E-state index contributed by atoms with van der Waals surface area (Å²) in [6.45, 7) is 0.504. The molecule has 4 aliphatic heterocycles. The molecule has 4 fully saturated rings. The number of likely N-dealkylation sites (tertiary alicyclic amines) is 1. The Kier molecular flexibility index (Phi) is 8.87. The lowest BCUT2D eigenvalue weighted by atomic mass is 10.0. The van der Waals surface area contributed by atoms with Crippen molar-refractivity contribution >= 4 is 21.8 Å². The summed E-state index contributed by atoms with van der Waals surface area (Å²) in [4.78, 5) is 30.1. The average Bonchev–Trinajstić information content (AvgIpc) is 3.42. The third-order valence-electron chi connectivity index (χ3n) is 8.28. The predicted molar refractivity (Wildman–Crippen MR) is 140 cm³/mol. The maximum absolute atomic E-state index is 13.8. The molecule has 4 aliphatic rings. The lowest BCUT2D eigenvalue weighted by Gasteiger charge is -2.38. The van der Waals surface area contributed by atoms with Gasteiger partial charge in [0.25, 0.3) is 0 Å². The fourth-order valence-electron chi connectivity index (χ4n) is 6.10. The van der Waals surface area contributed by atoms with Gasteiger partial charge in [0.15, 0.2) is 0 Å². The van der Waals surface area contributed by atoms with E-state index in [9.17, 15) is 41.4 Å². The number of carbonyl (C=O) groups excluding carboxylic acids is 2. The second-order valence-corrected chi connectivity index (χ2v) is 13.4. The number of halogens is 3. The van der Waals surface area contributed by atoms with Gasteiger partial charge in [0, 0.05) is 45.3 Å². The topological polar surface area (TPSA) is 149 Å². The zero-order chi connectivity index (χ0) is 30.4. The summed E-state index contributed by atoms with van der Waals surface area (Å²) >= 11 is 0. The van der Waals surface area contributed by atoms with Crippen molar-refractivity contribution in [1.29, 1.82) is 0 Å². The molecule has 5 rings (SSSR count). The molecule has 2 amide bonds. The molecule has 0 radical (unpaired) electrons. The fourth-order valence-corrected chi connectivity index (χ4v) is 6.96. The molecule has 0 aliphatic carbocycles. The number of carbonyl (C=O) groups is 2. The molecule has 3 N–H and O–H groups in total. The highest BCUT2D eigenvalue weighted by atomic mass is 32.2. The number of nitrogens with one attached hydrogen (secondary N) is 1. The molecule has 16 heteroatoms. The summed E-state index contributed by atoms with van der Waals surface area (Å²) < 4.78 is 77.0. The monoisotopic (exact) mass is 620 g/mol. The van der Waals surface area contributed by atoms with Crippen molar-refractivity contribution in [1.82, 2.24) is 19.4 Å². The van der Waals surface area contributed by atoms with Crippen LogP contribution in [-0.2, 0) is 41.8 Å². The van der Waals surface area contributed by atoms with Crippen molar-refractivity contribution in [2.75, 3.05) is 45.6 Å². The molecule has 12 nitrogen and oxygen atoms in total. The number of nitrogens with zero attached hydrogens (tertiary/aromatic N) is 3. The van der Waals surface area contributed by atoms with Gasteiger partial charge in [-0.25, -0.2) is 8.42 Å². The molecule has 4 heterocycles. The van der Waals surface area contributed by atoms with Crippen LogP contribution in [0.15, 0.2) is 24.3 Å². The van der Waals surface area contributed by atoms with Gasteiger partial charge >= 0.3 is 6.18 Å². The maximum Gasteiger partial charge on any atom is 0.416 e. The maximum atomic E-state index is 13.8. The molecule has 0 unspecified atom stereocenters. The van der Waals surface area contributed by atoms with Crippen molar-refractivity contribution in [3.63, 3.8) is 0 Å². The minimum atomic E-state index is -4.48. The molecule has 4 saturated heterocycles. The molecule has 0 aromatic heterocycles. The molecular formula is C26H35F3N4O8S. The minimum Gasteiger partial charge on any atom is -0.388 e. The first-order valence-electron chi connectivity index (χ1n) is 13.8. The zero-order valence-corrected chi connectivity index (χ0v) is 23.8. The number of hydrogen-bond donors (Lipinski definition) is 3. The Bertz CT molecular complexity index is 1270. The number of morpholine rings is 1. The summed E-state index contributed by atoms with van der Waals surface area (Å²) in [5.41, 5.74) is -0.223. The Morgan fingerprint density at radius 2 is 1.71 bits per heavy atom. The van der Waals surface area contributed by atoms with Gasteiger partial charge in [-0.2, -0.15) is 17.5 Å². The van der Waals surface area contributed by atoms with E-state index in [1.165, 1.54) is 12.1 Å². The van der Waals surface area contributed by atoms with E-state index in [-0.39, 0.29) is 64.6 Å². The summed E-state index contributed by atoms with van der Waals surface area (Å²) in [5, 5.41) is 24.0. The highest BCUT2D eigenvalue weighted by Gasteiger charge is 2.47. The van der Waals surface area contributed by atoms with Crippen LogP contribution in [-0.4, -0.2) is 133 Å². The van der Waals surface area contributed by atoms with Gasteiger partial charge in [-0.3, -0.25) is 14.5 Å². The first kappa shape index (κ1) is 31.1. The van der Waals surface area contributed by atoms with Crippen molar-refractivity contribution in [2.24, 2.45) is 0 Å². The molecule has 7 atom stereocenters. The van der Waals surface area contributed by atoms with Crippen LogP contribution in [0.25, 0.3) is 0 Å². The van der Waals surface area contributed by atoms with E-state index in [1.54, 1.807) is 4.90 Å². The molecule has 6 bridgehead atoms. The zero-order valence-electron chi connectivity index (χ0n) is 22.9. The van der Waals surface area contributed by atoms with Gasteiger partial charge in [0.2, 0.25) is 21.8 Å². The standard InChI is InChI=1S/C26H35F3N4O8S/c1-42(38,39)33-13-18-12-31(6-7-40-18)25(37)19-8-17(30-22(34)9-20-23(35)24(36)21(14-33)41-20)11-32(19)10-15-2-4-16(5-3-15)26(27,28)29/h2-5,17-21,23-24,35-36H,6-14H2,1H3,(H,30,34)/t17-,18-,19-,20-,21+,23-,24+/m0/s1. The first-order chi connectivity index (χ1) is 19.7. The molecule has 1 aromatic carbocycles. The lowest BCUT2D eigenvalue weighted by Crippen LogP contribution is -2.55. The molecule has 0 saturated carbocycles. The van der Waals surface area contributed by atoms with E-state index < -0.39 is 70.3 Å². The average molecular weight is 621 g/mol. The smallest absolute Gasteiger partial charge is 0.388 e. The number of ether oxygens (including phenoxy) is 2. The summed E-state index contributed by atoms with van der Waals surface area (Å²) in [6, 6.07) is 3.52. The lowest BCUT2D eigenvalue weighted by molar-refractivity contribution is -0.144. The van der Waals surface area contributed by atoms with Crippen LogP contribution in [0.2, 0.25) is 0 Å². The van der Waals surface area contributed by atoms with E-state index in [2.05, 4.69) is 5.32 Å². The van der Waals surface area contributed by atoms with Gasteiger partial charge < -0.3 is 29.9 Å². The van der Waals surface area contributed by atoms with Gasteiger partial charge in [0.1, 0.15) is 18.3 Å². The van der Waals surface area contributed by atoms with Crippen LogP contribution in [0, 0.1) is 0 Å². The van der Waals surface area contributed by atoms with Crippen LogP contribution in [0.3, 0.4) is 0 Å². The van der Waals surface area contributed by atoms with Crippen LogP contribution < -0.4 is 5.32 Å². The Hall–Kier alpha value is -2.34. The van der Waals surface area contributed by atoms with Crippen molar-refractivity contribution in [3.8, 4) is 0 Å². The number of amides is 2. The number of sulfonamides is 1. The number of alkyl halides is 3. The molecule has 234 valence electrons. The van der Waals surface area contributed by atoms with E-state index >= 15 is 0 Å². The summed E-state index contributed by atoms with van der Waals surface area (Å²) in [5.74, 6) is -0.739. The van der Waals surface area contributed by atoms with E-state index in [0.29, 0.717) is 5.56 Å². The van der Waals surface area contributed by atoms with Gasteiger partial charge in [-0.05, 0) is 24.1 Å². The Balaban J connectivity index is 1.41. The SMILES string of the molecule is CS(=O)(=O)N1C[C@@H]2CN(CCO2)C(=O)[C@@H]2C[C@@H](CN2Cc2ccc(C(F)(F)F)cc2)NC(=O)C[C@@H]2O[C@H](C1)[C@@H](O)[C@H]2O. The second kappa shape index (κ2) is 12.0. The molecule has 0 spiro atoms. The normalized spacial score (nSPS) is 34.0. The number of benzene rings is 1. The molecule has 42 heavy (non-hydrogen) atoms. The number of rotatable bonds is 3. The quantitative estimate of drug-likeness (QED) is 0.393. The number of aliphatic hydroxyl groups is 2. The van der Waals surface area contributed by atoms with Gasteiger partial charge in [-0.1, -0.05) is 12.1 Å². The fraction of sp³-hybridized carbons (Fsp3) is 0.692. The van der Waals surface area contributed by atoms with Crippen molar-refractivity contribution in [2.45, 2.75) is 68.2 Å². The first-order valence-corrected chi connectivity index (χ1v) is 15.6. The summed E-state index contributed by atoms with van der Waals surface area (Å²) in [7, 11) is -3.82. The molecular weight excluding hydrogens is 585 g/mol. The second-order valence-electron chi connectivity index (χ2n) is 11.4. The molecule has 1 aromatic rings. The van der Waals surface area contributed by atoms with Gasteiger partial charge in [-0.15, -0.1) is 0 Å². The highest BCUT2D eigenvalue weighted by molar-refractivity contribution is 7.88. The number of hydrogen-bond acceptors (Lipinski definition) is 9. The van der Waals surface area contributed by atoms with E-state index in [4.69, 9.17) is 9.47 Å². The number of aliphatic hydroxyl groups excluding tert-OH is 2. The van der Waals surface area contributed by atoms with Crippen LogP contribution in [0.1, 0.15) is 24.0 Å². The van der Waals surface area contributed by atoms with Crippen LogP contribution in [0.4, 0.5) is 13.2 Å². The van der Waals surface area contributed by atoms with E-state index in [0.717, 1.165) is 22.7 Å². The number of fused-ring (bicyclic) bond motifs is 6. The van der Waals surface area contributed by atoms with Crippen molar-refractivity contribution in [3.05, 3.63) is 35.4 Å². The third kappa shape index (κ3) is 6.90. The predicted octanol–water partition coefficient (Wildman–Crippen LogP) is -0.854. The Labute approximate surface area is 241 Å². The third-order valence-corrected chi connectivity index (χ3v) is 9.51. The largest absolute Gasteiger partial charge is 0.416 e. The summed E-state index contributed by atoms with van der Waals surface area (Å²) in [6.07, 6.45) is -9.24. The minimum absolute atomic E-state index is 0.0891. The van der Waals surface area contributed by atoms with Crippen LogP contribution in [0.5, 0.6) is 0 Å². The van der Waals surface area contributed by atoms with Crippen molar-refractivity contribution < 1.29 is 50.9 Å². The Morgan fingerprint density at radius 1 is 1.02 bits per heavy atom. The Morgan fingerprint density at radius 3 is 2.38 bits per heavy atom. The van der Waals surface area contributed by atoms with E-state index in [1.807, 2.05) is 4.90 Å². The van der Waals surface area contributed by atoms with Gasteiger partial charge in [0.05, 0.1) is 43.1 Å². The van der Waals surface area contributed by atoms with Crippen LogP contribution >= 0.6 is 0 Å².